The Hall–Kier alpha value is -3.28. The van der Waals surface area contributed by atoms with Crippen LogP contribution in [-0.2, 0) is 0 Å². The van der Waals surface area contributed by atoms with Crippen molar-refractivity contribution in [1.29, 1.82) is 0 Å². The summed E-state index contributed by atoms with van der Waals surface area (Å²) in [6.45, 7) is 5.93. The standard InChI is InChI=1S/C21H24N4O2/c1-14(2)27-19-12-8-6-10-17(19)23-20-13-15(3)22-21(25-20)24-16-9-5-7-11-18(16)26-4/h5-14H,1-4H3,(H2,22,23,24,25). The van der Waals surface area contributed by atoms with Crippen molar-refractivity contribution in [1.82, 2.24) is 9.97 Å². The van der Waals surface area contributed by atoms with E-state index in [1.54, 1.807) is 7.11 Å². The van der Waals surface area contributed by atoms with Gasteiger partial charge in [-0.1, -0.05) is 24.3 Å². The smallest absolute Gasteiger partial charge is 0.229 e. The fraction of sp³-hybridized carbons (Fsp3) is 0.238. The van der Waals surface area contributed by atoms with E-state index in [0.29, 0.717) is 11.8 Å². The van der Waals surface area contributed by atoms with Crippen molar-refractivity contribution in [2.75, 3.05) is 17.7 Å². The Labute approximate surface area is 159 Å². The summed E-state index contributed by atoms with van der Waals surface area (Å²) in [7, 11) is 1.64. The molecule has 3 rings (SSSR count). The quantitative estimate of drug-likeness (QED) is 0.610. The summed E-state index contributed by atoms with van der Waals surface area (Å²) in [6.07, 6.45) is 0.0860. The molecule has 27 heavy (non-hydrogen) atoms. The van der Waals surface area contributed by atoms with Crippen LogP contribution in [0.1, 0.15) is 19.5 Å². The van der Waals surface area contributed by atoms with E-state index in [9.17, 15) is 0 Å². The van der Waals surface area contributed by atoms with Crippen molar-refractivity contribution in [3.8, 4) is 11.5 Å². The number of benzene rings is 2. The van der Waals surface area contributed by atoms with Gasteiger partial charge in [0.1, 0.15) is 17.3 Å². The molecule has 140 valence electrons. The Kier molecular flexibility index (Phi) is 5.76. The molecule has 0 saturated heterocycles. The summed E-state index contributed by atoms with van der Waals surface area (Å²) in [4.78, 5) is 9.04. The van der Waals surface area contributed by atoms with Gasteiger partial charge in [0, 0.05) is 11.8 Å². The molecule has 1 heterocycles. The first-order valence-electron chi connectivity index (χ1n) is 8.83. The number of nitrogens with one attached hydrogen (secondary N) is 2. The number of rotatable bonds is 7. The zero-order chi connectivity index (χ0) is 19.2. The molecule has 2 aromatic carbocycles. The maximum Gasteiger partial charge on any atom is 0.229 e. The predicted octanol–water partition coefficient (Wildman–Crippen LogP) is 5.07. The van der Waals surface area contributed by atoms with Gasteiger partial charge in [0.15, 0.2) is 0 Å². The van der Waals surface area contributed by atoms with E-state index in [0.717, 1.165) is 28.6 Å². The molecule has 0 bridgehead atoms. The van der Waals surface area contributed by atoms with E-state index >= 15 is 0 Å². The maximum atomic E-state index is 5.87. The normalized spacial score (nSPS) is 10.6. The highest BCUT2D eigenvalue weighted by atomic mass is 16.5. The summed E-state index contributed by atoms with van der Waals surface area (Å²) in [5, 5.41) is 6.54. The zero-order valence-electron chi connectivity index (χ0n) is 16.0. The number of hydrogen-bond acceptors (Lipinski definition) is 6. The Morgan fingerprint density at radius 3 is 2.15 bits per heavy atom. The molecular formula is C21H24N4O2. The second-order valence-corrected chi connectivity index (χ2v) is 6.33. The van der Waals surface area contributed by atoms with E-state index in [4.69, 9.17) is 9.47 Å². The van der Waals surface area contributed by atoms with E-state index < -0.39 is 0 Å². The van der Waals surface area contributed by atoms with Crippen molar-refractivity contribution in [2.45, 2.75) is 26.9 Å². The van der Waals surface area contributed by atoms with Crippen LogP contribution in [0, 0.1) is 6.92 Å². The molecule has 0 aliphatic carbocycles. The van der Waals surface area contributed by atoms with Crippen LogP contribution < -0.4 is 20.1 Å². The first kappa shape index (κ1) is 18.5. The average Bonchev–Trinajstić information content (AvgIpc) is 2.63. The second-order valence-electron chi connectivity index (χ2n) is 6.33. The number of ether oxygens (including phenoxy) is 2. The summed E-state index contributed by atoms with van der Waals surface area (Å²) < 4.78 is 11.2. The summed E-state index contributed by atoms with van der Waals surface area (Å²) in [6, 6.07) is 17.3. The lowest BCUT2D eigenvalue weighted by Crippen LogP contribution is -2.08. The number of para-hydroxylation sites is 4. The molecule has 3 aromatic rings. The van der Waals surface area contributed by atoms with Crippen molar-refractivity contribution < 1.29 is 9.47 Å². The molecule has 0 atom stereocenters. The van der Waals surface area contributed by atoms with Crippen LogP contribution in [0.15, 0.2) is 54.6 Å². The summed E-state index contributed by atoms with van der Waals surface area (Å²) in [5.41, 5.74) is 2.50. The monoisotopic (exact) mass is 364 g/mol. The third-order valence-electron chi connectivity index (χ3n) is 3.72. The van der Waals surface area contributed by atoms with Crippen LogP contribution in [0.5, 0.6) is 11.5 Å². The molecule has 0 spiro atoms. The van der Waals surface area contributed by atoms with Gasteiger partial charge >= 0.3 is 0 Å². The first-order chi connectivity index (χ1) is 13.0. The fourth-order valence-electron chi connectivity index (χ4n) is 2.62. The van der Waals surface area contributed by atoms with Crippen LogP contribution in [-0.4, -0.2) is 23.2 Å². The number of hydrogen-bond donors (Lipinski definition) is 2. The van der Waals surface area contributed by atoms with Crippen molar-refractivity contribution in [2.24, 2.45) is 0 Å². The molecule has 0 radical (unpaired) electrons. The van der Waals surface area contributed by atoms with E-state index in [1.807, 2.05) is 75.4 Å². The van der Waals surface area contributed by atoms with Crippen LogP contribution in [0.25, 0.3) is 0 Å². The van der Waals surface area contributed by atoms with Crippen LogP contribution in [0.4, 0.5) is 23.1 Å². The highest BCUT2D eigenvalue weighted by molar-refractivity contribution is 5.67. The van der Waals surface area contributed by atoms with Gasteiger partial charge in [0.2, 0.25) is 5.95 Å². The summed E-state index contributed by atoms with van der Waals surface area (Å²) >= 11 is 0. The molecule has 6 nitrogen and oxygen atoms in total. The van der Waals surface area contributed by atoms with Gasteiger partial charge in [0.25, 0.3) is 0 Å². The van der Waals surface area contributed by atoms with E-state index in [-0.39, 0.29) is 6.10 Å². The SMILES string of the molecule is COc1ccccc1Nc1nc(C)cc(Nc2ccccc2OC(C)C)n1. The average molecular weight is 364 g/mol. The largest absolute Gasteiger partial charge is 0.495 e. The maximum absolute atomic E-state index is 5.87. The van der Waals surface area contributed by atoms with E-state index in [2.05, 4.69) is 20.6 Å². The zero-order valence-corrected chi connectivity index (χ0v) is 16.0. The molecular weight excluding hydrogens is 340 g/mol. The van der Waals surface area contributed by atoms with Gasteiger partial charge in [-0.3, -0.25) is 0 Å². The van der Waals surface area contributed by atoms with Crippen molar-refractivity contribution >= 4 is 23.1 Å². The molecule has 0 aliphatic heterocycles. The van der Waals surface area contributed by atoms with Crippen molar-refractivity contribution in [3.05, 3.63) is 60.3 Å². The lowest BCUT2D eigenvalue weighted by Gasteiger charge is -2.16. The lowest BCUT2D eigenvalue weighted by atomic mass is 10.2. The third-order valence-corrected chi connectivity index (χ3v) is 3.72. The molecule has 0 aliphatic rings. The number of anilines is 4. The minimum atomic E-state index is 0.0860. The van der Waals surface area contributed by atoms with Gasteiger partial charge in [-0.2, -0.15) is 4.98 Å². The highest BCUT2D eigenvalue weighted by Gasteiger charge is 2.09. The molecule has 6 heteroatoms. The molecule has 1 aromatic heterocycles. The van der Waals surface area contributed by atoms with Crippen LogP contribution in [0.3, 0.4) is 0 Å². The Morgan fingerprint density at radius 1 is 0.852 bits per heavy atom. The van der Waals surface area contributed by atoms with Gasteiger partial charge in [-0.25, -0.2) is 4.98 Å². The van der Waals surface area contributed by atoms with Crippen LogP contribution >= 0.6 is 0 Å². The minimum absolute atomic E-state index is 0.0860. The van der Waals surface area contributed by atoms with Crippen LogP contribution in [0.2, 0.25) is 0 Å². The Bertz CT molecular complexity index is 912. The van der Waals surface area contributed by atoms with E-state index in [1.165, 1.54) is 0 Å². The van der Waals surface area contributed by atoms with Gasteiger partial charge in [-0.05, 0) is 45.0 Å². The first-order valence-corrected chi connectivity index (χ1v) is 8.83. The third kappa shape index (κ3) is 4.88. The van der Waals surface area contributed by atoms with Crippen molar-refractivity contribution in [3.63, 3.8) is 0 Å². The summed E-state index contributed by atoms with van der Waals surface area (Å²) in [5.74, 6) is 2.68. The highest BCUT2D eigenvalue weighted by Crippen LogP contribution is 2.29. The van der Waals surface area contributed by atoms with Gasteiger partial charge in [0.05, 0.1) is 24.6 Å². The number of nitrogens with zero attached hydrogens (tertiary/aromatic N) is 2. The molecule has 0 fully saturated rings. The second kappa shape index (κ2) is 8.40. The minimum Gasteiger partial charge on any atom is -0.495 e. The fourth-order valence-corrected chi connectivity index (χ4v) is 2.62. The number of aromatic nitrogens is 2. The Morgan fingerprint density at radius 2 is 1.48 bits per heavy atom. The molecule has 2 N–H and O–H groups in total. The molecule has 0 amide bonds. The molecule has 0 saturated carbocycles. The van der Waals surface area contributed by atoms with Gasteiger partial charge in [-0.15, -0.1) is 0 Å². The predicted molar refractivity (Wildman–Crippen MR) is 109 cm³/mol. The number of aryl methyl sites for hydroxylation is 1. The Balaban J connectivity index is 1.86. The lowest BCUT2D eigenvalue weighted by molar-refractivity contribution is 0.244. The topological polar surface area (TPSA) is 68.3 Å². The van der Waals surface area contributed by atoms with Gasteiger partial charge < -0.3 is 20.1 Å². The molecule has 0 unspecified atom stereocenters. The number of methoxy groups -OCH3 is 1.